The molecule has 0 saturated heterocycles. The van der Waals surface area contributed by atoms with E-state index in [1.54, 1.807) is 0 Å². The van der Waals surface area contributed by atoms with Gasteiger partial charge in [0.25, 0.3) is 0 Å². The molecule has 82 valence electrons. The van der Waals surface area contributed by atoms with Crippen LogP contribution in [0.1, 0.15) is 6.42 Å². The highest BCUT2D eigenvalue weighted by Crippen LogP contribution is 2.22. The Bertz CT molecular complexity index is 322. The van der Waals surface area contributed by atoms with E-state index in [0.717, 1.165) is 0 Å². The molecule has 1 aromatic rings. The van der Waals surface area contributed by atoms with E-state index in [1.165, 1.54) is 18.2 Å². The average molecular weight is 232 g/mol. The number of alkyl halides is 1. The van der Waals surface area contributed by atoms with Crippen molar-refractivity contribution in [3.05, 3.63) is 23.2 Å². The molecular formula is C9H11BClFO3. The number of hydrogen-bond donors (Lipinski definition) is 2. The van der Waals surface area contributed by atoms with Gasteiger partial charge in [-0.25, -0.2) is 0 Å². The van der Waals surface area contributed by atoms with Crippen LogP contribution in [0.4, 0.5) is 4.39 Å². The first-order chi connectivity index (χ1) is 7.15. The van der Waals surface area contributed by atoms with E-state index < -0.39 is 13.8 Å². The van der Waals surface area contributed by atoms with Gasteiger partial charge in [0.15, 0.2) is 0 Å². The van der Waals surface area contributed by atoms with Crippen LogP contribution in [0.5, 0.6) is 5.75 Å². The van der Waals surface area contributed by atoms with Crippen LogP contribution in [0.25, 0.3) is 0 Å². The lowest BCUT2D eigenvalue weighted by atomic mass is 9.80. The average Bonchev–Trinajstić information content (AvgIpc) is 2.20. The lowest BCUT2D eigenvalue weighted by Crippen LogP contribution is -2.29. The minimum Gasteiger partial charge on any atom is -0.492 e. The van der Waals surface area contributed by atoms with Gasteiger partial charge in [-0.05, 0) is 17.6 Å². The molecule has 15 heavy (non-hydrogen) atoms. The van der Waals surface area contributed by atoms with Crippen LogP contribution in [0.2, 0.25) is 5.02 Å². The van der Waals surface area contributed by atoms with Crippen LogP contribution < -0.4 is 10.2 Å². The zero-order valence-electron chi connectivity index (χ0n) is 7.99. The lowest BCUT2D eigenvalue weighted by molar-refractivity contribution is 0.290. The molecule has 0 unspecified atom stereocenters. The second-order valence-electron chi connectivity index (χ2n) is 2.95. The highest BCUT2D eigenvalue weighted by atomic mass is 35.5. The SMILES string of the molecule is OB(O)c1ccc(OCCCF)c(Cl)c1. The van der Waals surface area contributed by atoms with E-state index in [2.05, 4.69) is 0 Å². The second kappa shape index (κ2) is 5.95. The predicted molar refractivity (Wildman–Crippen MR) is 57.4 cm³/mol. The summed E-state index contributed by atoms with van der Waals surface area (Å²) in [4.78, 5) is 0. The number of hydrogen-bond acceptors (Lipinski definition) is 3. The van der Waals surface area contributed by atoms with Crippen molar-refractivity contribution in [2.24, 2.45) is 0 Å². The Kier molecular flexibility index (Phi) is 4.88. The third kappa shape index (κ3) is 3.70. The summed E-state index contributed by atoms with van der Waals surface area (Å²) in [6.45, 7) is -0.192. The second-order valence-corrected chi connectivity index (χ2v) is 3.36. The first-order valence-electron chi connectivity index (χ1n) is 4.49. The summed E-state index contributed by atoms with van der Waals surface area (Å²) in [6, 6.07) is 4.41. The Morgan fingerprint density at radius 1 is 1.40 bits per heavy atom. The molecule has 0 atom stereocenters. The summed E-state index contributed by atoms with van der Waals surface area (Å²) in [7, 11) is -1.55. The minimum absolute atomic E-state index is 0.247. The van der Waals surface area contributed by atoms with Crippen LogP contribution in [-0.2, 0) is 0 Å². The van der Waals surface area contributed by atoms with Crippen molar-refractivity contribution in [3.63, 3.8) is 0 Å². The van der Waals surface area contributed by atoms with Crippen LogP contribution in [0.3, 0.4) is 0 Å². The number of benzene rings is 1. The fourth-order valence-corrected chi connectivity index (χ4v) is 1.27. The smallest absolute Gasteiger partial charge is 0.488 e. The van der Waals surface area contributed by atoms with Gasteiger partial charge in [0.1, 0.15) is 5.75 Å². The van der Waals surface area contributed by atoms with Gasteiger partial charge in [-0.3, -0.25) is 4.39 Å². The van der Waals surface area contributed by atoms with E-state index in [4.69, 9.17) is 26.4 Å². The van der Waals surface area contributed by atoms with Gasteiger partial charge in [0.05, 0.1) is 18.3 Å². The van der Waals surface area contributed by atoms with E-state index in [9.17, 15) is 4.39 Å². The topological polar surface area (TPSA) is 49.7 Å². The first kappa shape index (κ1) is 12.3. The molecule has 6 heteroatoms. The molecule has 3 nitrogen and oxygen atoms in total. The molecule has 0 aromatic heterocycles. The predicted octanol–water partition coefficient (Wildman–Crippen LogP) is 0.758. The zero-order chi connectivity index (χ0) is 11.3. The molecule has 0 spiro atoms. The molecular weight excluding hydrogens is 221 g/mol. The molecule has 0 heterocycles. The summed E-state index contributed by atoms with van der Waals surface area (Å²) in [5.41, 5.74) is 0.290. The summed E-state index contributed by atoms with van der Waals surface area (Å²) < 4.78 is 17.0. The Balaban J connectivity index is 2.66. The highest BCUT2D eigenvalue weighted by molar-refractivity contribution is 6.59. The summed E-state index contributed by atoms with van der Waals surface area (Å²) in [6.07, 6.45) is 0.306. The fraction of sp³-hybridized carbons (Fsp3) is 0.333. The highest BCUT2D eigenvalue weighted by Gasteiger charge is 2.12. The van der Waals surface area contributed by atoms with Crippen molar-refractivity contribution < 1.29 is 19.2 Å². The number of ether oxygens (including phenoxy) is 1. The molecule has 0 saturated carbocycles. The molecule has 0 aliphatic rings. The molecule has 1 rings (SSSR count). The normalized spacial score (nSPS) is 10.1. The summed E-state index contributed by atoms with van der Waals surface area (Å²) in [5, 5.41) is 18.0. The van der Waals surface area contributed by atoms with Crippen molar-refractivity contribution >= 4 is 24.2 Å². The molecule has 0 fully saturated rings. The van der Waals surface area contributed by atoms with Crippen molar-refractivity contribution in [2.75, 3.05) is 13.3 Å². The number of rotatable bonds is 5. The molecule has 2 N–H and O–H groups in total. The van der Waals surface area contributed by atoms with Gasteiger partial charge < -0.3 is 14.8 Å². The van der Waals surface area contributed by atoms with Crippen molar-refractivity contribution in [2.45, 2.75) is 6.42 Å². The van der Waals surface area contributed by atoms with Gasteiger partial charge in [-0.2, -0.15) is 0 Å². The first-order valence-corrected chi connectivity index (χ1v) is 4.87. The molecule has 0 radical (unpaired) electrons. The van der Waals surface area contributed by atoms with Gasteiger partial charge in [-0.1, -0.05) is 17.7 Å². The molecule has 1 aromatic carbocycles. The summed E-state index contributed by atoms with van der Waals surface area (Å²) >= 11 is 5.81. The van der Waals surface area contributed by atoms with Gasteiger partial charge in [0, 0.05) is 6.42 Å². The van der Waals surface area contributed by atoms with E-state index >= 15 is 0 Å². The van der Waals surface area contributed by atoms with Gasteiger partial charge >= 0.3 is 7.12 Å². The van der Waals surface area contributed by atoms with E-state index in [1.807, 2.05) is 0 Å². The molecule has 0 bridgehead atoms. The third-order valence-electron chi connectivity index (χ3n) is 1.79. The maximum absolute atomic E-state index is 11.8. The van der Waals surface area contributed by atoms with Crippen molar-refractivity contribution in [1.82, 2.24) is 0 Å². The van der Waals surface area contributed by atoms with Crippen molar-refractivity contribution in [3.8, 4) is 5.75 Å². The van der Waals surface area contributed by atoms with Crippen LogP contribution in [-0.4, -0.2) is 30.4 Å². The standard InChI is InChI=1S/C9H11BClFO3/c11-8-6-7(10(13)14)2-3-9(8)15-5-1-4-12/h2-3,6,13-14H,1,4-5H2. The molecule has 0 amide bonds. The monoisotopic (exact) mass is 232 g/mol. The Morgan fingerprint density at radius 3 is 2.67 bits per heavy atom. The van der Waals surface area contributed by atoms with Gasteiger partial charge in [0.2, 0.25) is 0 Å². The van der Waals surface area contributed by atoms with Crippen LogP contribution in [0, 0.1) is 0 Å². The van der Waals surface area contributed by atoms with Crippen LogP contribution in [0.15, 0.2) is 18.2 Å². The summed E-state index contributed by atoms with van der Waals surface area (Å²) in [5.74, 6) is 0.412. The minimum atomic E-state index is -1.55. The van der Waals surface area contributed by atoms with E-state index in [0.29, 0.717) is 12.2 Å². The Labute approximate surface area is 92.6 Å². The fourth-order valence-electron chi connectivity index (χ4n) is 1.03. The molecule has 0 aliphatic heterocycles. The maximum atomic E-state index is 11.8. The zero-order valence-corrected chi connectivity index (χ0v) is 8.75. The Morgan fingerprint density at radius 2 is 2.13 bits per heavy atom. The lowest BCUT2D eigenvalue weighted by Gasteiger charge is -2.08. The molecule has 0 aliphatic carbocycles. The van der Waals surface area contributed by atoms with Gasteiger partial charge in [-0.15, -0.1) is 0 Å². The Hall–Kier alpha value is -0.775. The number of halogens is 2. The van der Waals surface area contributed by atoms with Crippen molar-refractivity contribution in [1.29, 1.82) is 0 Å². The van der Waals surface area contributed by atoms with E-state index in [-0.39, 0.29) is 17.1 Å². The van der Waals surface area contributed by atoms with Crippen LogP contribution >= 0.6 is 11.6 Å². The maximum Gasteiger partial charge on any atom is 0.488 e. The quantitative estimate of drug-likeness (QED) is 0.582. The largest absolute Gasteiger partial charge is 0.492 e. The third-order valence-corrected chi connectivity index (χ3v) is 2.08.